The minimum absolute atomic E-state index is 0.403. The number of hydrogen-bond donors (Lipinski definition) is 0. The van der Waals surface area contributed by atoms with E-state index in [9.17, 15) is 4.79 Å². The Labute approximate surface area is 128 Å². The summed E-state index contributed by atoms with van der Waals surface area (Å²) < 4.78 is 16.0. The Bertz CT molecular complexity index is 642. The summed E-state index contributed by atoms with van der Waals surface area (Å²) in [6.07, 6.45) is 0.717. The van der Waals surface area contributed by atoms with Gasteiger partial charge in [0.25, 0.3) is 0 Å². The zero-order chi connectivity index (χ0) is 15.4. The Morgan fingerprint density at radius 3 is 2.05 bits per heavy atom. The van der Waals surface area contributed by atoms with E-state index in [1.807, 2.05) is 6.07 Å². The Morgan fingerprint density at radius 2 is 1.57 bits per heavy atom. The first-order valence-corrected chi connectivity index (χ1v) is 6.57. The zero-order valence-electron chi connectivity index (χ0n) is 12.0. The van der Waals surface area contributed by atoms with E-state index in [2.05, 4.69) is 0 Å². The van der Waals surface area contributed by atoms with Crippen molar-refractivity contribution >= 4 is 17.9 Å². The van der Waals surface area contributed by atoms with Crippen LogP contribution in [0.3, 0.4) is 0 Å². The topological polar surface area (TPSA) is 44.8 Å². The first kappa shape index (κ1) is 15.2. The van der Waals surface area contributed by atoms with E-state index in [1.165, 1.54) is 0 Å². The fourth-order valence-corrected chi connectivity index (χ4v) is 2.24. The molecular weight excluding hydrogens is 292 g/mol. The fourth-order valence-electron chi connectivity index (χ4n) is 2.08. The third-order valence-corrected chi connectivity index (χ3v) is 3.47. The van der Waals surface area contributed by atoms with Crippen molar-refractivity contribution in [3.8, 4) is 28.4 Å². The molecule has 0 radical (unpaired) electrons. The van der Waals surface area contributed by atoms with Crippen LogP contribution in [0.4, 0.5) is 0 Å². The van der Waals surface area contributed by atoms with E-state index in [1.54, 1.807) is 45.6 Å². The third kappa shape index (κ3) is 2.95. The van der Waals surface area contributed by atoms with Gasteiger partial charge < -0.3 is 14.2 Å². The van der Waals surface area contributed by atoms with Crippen molar-refractivity contribution in [1.29, 1.82) is 0 Å². The van der Waals surface area contributed by atoms with Gasteiger partial charge in [-0.3, -0.25) is 4.79 Å². The van der Waals surface area contributed by atoms with Gasteiger partial charge in [-0.15, -0.1) is 0 Å². The average Bonchev–Trinajstić information content (AvgIpc) is 2.54. The smallest absolute Gasteiger partial charge is 0.151 e. The lowest BCUT2D eigenvalue weighted by Gasteiger charge is -2.15. The van der Waals surface area contributed by atoms with Crippen LogP contribution >= 0.6 is 11.6 Å². The summed E-state index contributed by atoms with van der Waals surface area (Å²) in [5.74, 6) is 1.80. The van der Waals surface area contributed by atoms with Gasteiger partial charge in [0.15, 0.2) is 6.29 Å². The van der Waals surface area contributed by atoms with Gasteiger partial charge >= 0.3 is 0 Å². The van der Waals surface area contributed by atoms with Crippen LogP contribution in [0, 0.1) is 0 Å². The van der Waals surface area contributed by atoms with Crippen LogP contribution in [0.5, 0.6) is 17.2 Å². The molecular formula is C16H15ClO4. The number of rotatable bonds is 5. The van der Waals surface area contributed by atoms with Crippen molar-refractivity contribution < 1.29 is 19.0 Å². The normalized spacial score (nSPS) is 10.1. The molecule has 0 aliphatic heterocycles. The van der Waals surface area contributed by atoms with E-state index < -0.39 is 0 Å². The summed E-state index contributed by atoms with van der Waals surface area (Å²) in [7, 11) is 4.70. The second-order valence-corrected chi connectivity index (χ2v) is 4.67. The van der Waals surface area contributed by atoms with Gasteiger partial charge in [-0.1, -0.05) is 17.7 Å². The highest BCUT2D eigenvalue weighted by Crippen LogP contribution is 2.42. The molecule has 2 rings (SSSR count). The molecule has 0 saturated heterocycles. The third-order valence-electron chi connectivity index (χ3n) is 3.13. The Kier molecular flexibility index (Phi) is 4.70. The quantitative estimate of drug-likeness (QED) is 0.787. The van der Waals surface area contributed by atoms with Crippen LogP contribution < -0.4 is 14.2 Å². The summed E-state index contributed by atoms with van der Waals surface area (Å²) in [6.45, 7) is 0. The van der Waals surface area contributed by atoms with Crippen LogP contribution in [-0.4, -0.2) is 27.6 Å². The van der Waals surface area contributed by atoms with Gasteiger partial charge in [0.2, 0.25) is 0 Å². The molecule has 21 heavy (non-hydrogen) atoms. The maximum atomic E-state index is 11.1. The SMILES string of the molecule is COc1cc(OC)c(-c2ccc(Cl)c(C=O)c2)c(OC)c1. The Morgan fingerprint density at radius 1 is 0.952 bits per heavy atom. The number of methoxy groups -OCH3 is 3. The van der Waals surface area contributed by atoms with Crippen LogP contribution in [0.15, 0.2) is 30.3 Å². The van der Waals surface area contributed by atoms with E-state index in [-0.39, 0.29) is 0 Å². The van der Waals surface area contributed by atoms with Gasteiger partial charge in [-0.25, -0.2) is 0 Å². The summed E-state index contributed by atoms with van der Waals surface area (Å²) in [5, 5.41) is 0.403. The molecule has 110 valence electrons. The highest BCUT2D eigenvalue weighted by Gasteiger charge is 2.16. The molecule has 0 spiro atoms. The number of carbonyl (C=O) groups excluding carboxylic acids is 1. The molecule has 0 fully saturated rings. The van der Waals surface area contributed by atoms with E-state index in [0.29, 0.717) is 34.1 Å². The lowest BCUT2D eigenvalue weighted by Crippen LogP contribution is -1.96. The molecule has 0 bridgehead atoms. The van der Waals surface area contributed by atoms with Gasteiger partial charge in [0, 0.05) is 17.7 Å². The van der Waals surface area contributed by atoms with Gasteiger partial charge in [-0.2, -0.15) is 0 Å². The molecule has 2 aromatic rings. The summed E-state index contributed by atoms with van der Waals surface area (Å²) in [5.41, 5.74) is 1.92. The van der Waals surface area contributed by atoms with Crippen molar-refractivity contribution in [3.63, 3.8) is 0 Å². The number of ether oxygens (including phenoxy) is 3. The molecule has 0 aliphatic carbocycles. The minimum atomic E-state index is 0.403. The maximum absolute atomic E-state index is 11.1. The highest BCUT2D eigenvalue weighted by molar-refractivity contribution is 6.33. The Hall–Kier alpha value is -2.20. The monoisotopic (exact) mass is 306 g/mol. The maximum Gasteiger partial charge on any atom is 0.151 e. The van der Waals surface area contributed by atoms with Gasteiger partial charge in [0.1, 0.15) is 17.2 Å². The average molecular weight is 307 g/mol. The van der Waals surface area contributed by atoms with Crippen molar-refractivity contribution in [2.75, 3.05) is 21.3 Å². The lowest BCUT2D eigenvalue weighted by molar-refractivity contribution is 0.112. The first-order valence-electron chi connectivity index (χ1n) is 6.19. The van der Waals surface area contributed by atoms with Gasteiger partial charge in [0.05, 0.1) is 31.9 Å². The second-order valence-electron chi connectivity index (χ2n) is 4.26. The van der Waals surface area contributed by atoms with Crippen LogP contribution in [0.1, 0.15) is 10.4 Å². The largest absolute Gasteiger partial charge is 0.496 e. The summed E-state index contributed by atoms with van der Waals surface area (Å²) >= 11 is 5.97. The molecule has 0 aliphatic rings. The molecule has 4 nitrogen and oxygen atoms in total. The molecule has 0 N–H and O–H groups in total. The van der Waals surface area contributed by atoms with Gasteiger partial charge in [-0.05, 0) is 17.7 Å². The minimum Gasteiger partial charge on any atom is -0.496 e. The lowest BCUT2D eigenvalue weighted by atomic mass is 10.0. The number of hydrogen-bond acceptors (Lipinski definition) is 4. The molecule has 0 amide bonds. The van der Waals surface area contributed by atoms with Crippen molar-refractivity contribution in [3.05, 3.63) is 40.9 Å². The van der Waals surface area contributed by atoms with Crippen molar-refractivity contribution in [1.82, 2.24) is 0 Å². The Balaban J connectivity index is 2.69. The van der Waals surface area contributed by atoms with E-state index >= 15 is 0 Å². The highest BCUT2D eigenvalue weighted by atomic mass is 35.5. The van der Waals surface area contributed by atoms with E-state index in [4.69, 9.17) is 25.8 Å². The van der Waals surface area contributed by atoms with Crippen LogP contribution in [-0.2, 0) is 0 Å². The molecule has 0 atom stereocenters. The second kappa shape index (κ2) is 6.50. The summed E-state index contributed by atoms with van der Waals surface area (Å²) in [6, 6.07) is 8.69. The predicted molar refractivity (Wildman–Crippen MR) is 81.9 cm³/mol. The predicted octanol–water partition coefficient (Wildman–Crippen LogP) is 3.85. The first-order chi connectivity index (χ1) is 10.1. The number of aldehydes is 1. The van der Waals surface area contributed by atoms with Crippen molar-refractivity contribution in [2.24, 2.45) is 0 Å². The van der Waals surface area contributed by atoms with E-state index in [0.717, 1.165) is 11.1 Å². The van der Waals surface area contributed by atoms with Crippen molar-refractivity contribution in [2.45, 2.75) is 0 Å². The fraction of sp³-hybridized carbons (Fsp3) is 0.188. The molecule has 0 saturated carbocycles. The number of carbonyl (C=O) groups is 1. The molecule has 0 aromatic heterocycles. The molecule has 5 heteroatoms. The molecule has 2 aromatic carbocycles. The van der Waals surface area contributed by atoms with Crippen LogP contribution in [0.25, 0.3) is 11.1 Å². The molecule has 0 heterocycles. The summed E-state index contributed by atoms with van der Waals surface area (Å²) in [4.78, 5) is 11.1. The number of halogens is 1. The van der Waals surface area contributed by atoms with Crippen LogP contribution in [0.2, 0.25) is 5.02 Å². The number of benzene rings is 2. The molecule has 0 unspecified atom stereocenters. The zero-order valence-corrected chi connectivity index (χ0v) is 12.7. The standard InChI is InChI=1S/C16H15ClO4/c1-19-12-7-14(20-2)16(15(8-12)21-3)10-4-5-13(17)11(6-10)9-18/h4-9H,1-3H3.